The molecule has 0 aliphatic carbocycles. The maximum absolute atomic E-state index is 14.7. The summed E-state index contributed by atoms with van der Waals surface area (Å²) in [6, 6.07) is 9.83. The number of para-hydroxylation sites is 1. The summed E-state index contributed by atoms with van der Waals surface area (Å²) in [7, 11) is 0. The number of carbonyl (C=O) groups is 2. The molecule has 3 heterocycles. The van der Waals surface area contributed by atoms with Gasteiger partial charge in [-0.1, -0.05) is 53.0 Å². The molecule has 2 amide bonds. The Kier molecular flexibility index (Phi) is 7.69. The fourth-order valence-corrected chi connectivity index (χ4v) is 4.80. The van der Waals surface area contributed by atoms with Crippen LogP contribution >= 0.6 is 34.8 Å². The van der Waals surface area contributed by atoms with Crippen molar-refractivity contribution >= 4 is 58.0 Å². The average molecular weight is 586 g/mol. The number of hydrogen-bond donors (Lipinski definition) is 2. The van der Waals surface area contributed by atoms with Crippen LogP contribution in [0, 0.1) is 5.82 Å². The van der Waals surface area contributed by atoms with Gasteiger partial charge in [0, 0.05) is 34.7 Å². The van der Waals surface area contributed by atoms with E-state index in [0.29, 0.717) is 27.5 Å². The standard InChI is InChI=1S/C26H16Cl3FN6O3/c27-13-7-17(28)21(18(29)8-13)22-15-3-1-2-4-20(15)34-26(38)24(35-22)36-25(37)16-10-32-11-19(30)23(16)39-12-14-9-31-5-6-33-14/h1-11,24H,12H2,(H,34,38)(H,36,37)/t24-/m0/s1. The third kappa shape index (κ3) is 5.68. The smallest absolute Gasteiger partial charge is 0.269 e. The van der Waals surface area contributed by atoms with Gasteiger partial charge >= 0.3 is 0 Å². The van der Waals surface area contributed by atoms with Gasteiger partial charge in [0.2, 0.25) is 6.17 Å². The van der Waals surface area contributed by atoms with Gasteiger partial charge in [0.1, 0.15) is 12.2 Å². The molecule has 0 spiro atoms. The maximum Gasteiger partial charge on any atom is 0.269 e. The van der Waals surface area contributed by atoms with E-state index in [0.717, 1.165) is 12.4 Å². The number of ether oxygens (including phenoxy) is 1. The Bertz CT molecular complexity index is 1600. The quantitative estimate of drug-likeness (QED) is 0.325. The fourth-order valence-electron chi connectivity index (χ4n) is 3.81. The lowest BCUT2D eigenvalue weighted by Crippen LogP contribution is -2.42. The monoisotopic (exact) mass is 584 g/mol. The Hall–Kier alpha value is -4.12. The number of rotatable bonds is 6. The molecule has 0 radical (unpaired) electrons. The van der Waals surface area contributed by atoms with E-state index >= 15 is 0 Å². The van der Waals surface area contributed by atoms with Crippen molar-refractivity contribution in [3.8, 4) is 5.75 Å². The number of halogens is 4. The molecule has 1 aliphatic heterocycles. The lowest BCUT2D eigenvalue weighted by molar-refractivity contribution is -0.117. The van der Waals surface area contributed by atoms with E-state index in [1.165, 1.54) is 30.7 Å². The van der Waals surface area contributed by atoms with E-state index in [9.17, 15) is 14.0 Å². The highest BCUT2D eigenvalue weighted by Crippen LogP contribution is 2.34. The van der Waals surface area contributed by atoms with Crippen molar-refractivity contribution in [1.29, 1.82) is 0 Å². The van der Waals surface area contributed by atoms with Crippen LogP contribution < -0.4 is 15.4 Å². The van der Waals surface area contributed by atoms with Crippen molar-refractivity contribution in [2.75, 3.05) is 5.32 Å². The van der Waals surface area contributed by atoms with Crippen molar-refractivity contribution < 1.29 is 18.7 Å². The number of hydrogen-bond acceptors (Lipinski definition) is 7. The molecule has 4 aromatic rings. The van der Waals surface area contributed by atoms with Crippen LogP contribution in [0.25, 0.3) is 0 Å². The largest absolute Gasteiger partial charge is 0.483 e. The molecule has 1 aliphatic rings. The van der Waals surface area contributed by atoms with Gasteiger partial charge in [0.25, 0.3) is 11.8 Å². The van der Waals surface area contributed by atoms with Gasteiger partial charge in [0.15, 0.2) is 11.6 Å². The number of aromatic nitrogens is 3. The highest BCUT2D eigenvalue weighted by molar-refractivity contribution is 6.44. The first-order chi connectivity index (χ1) is 18.8. The van der Waals surface area contributed by atoms with E-state index in [-0.39, 0.29) is 33.7 Å². The van der Waals surface area contributed by atoms with Gasteiger partial charge < -0.3 is 15.4 Å². The Morgan fingerprint density at radius 1 is 1.05 bits per heavy atom. The van der Waals surface area contributed by atoms with E-state index in [1.807, 2.05) is 0 Å². The molecule has 2 aromatic carbocycles. The molecule has 39 heavy (non-hydrogen) atoms. The van der Waals surface area contributed by atoms with E-state index in [4.69, 9.17) is 39.5 Å². The molecule has 9 nitrogen and oxygen atoms in total. The Morgan fingerprint density at radius 3 is 2.56 bits per heavy atom. The lowest BCUT2D eigenvalue weighted by atomic mass is 10.0. The third-order valence-corrected chi connectivity index (χ3v) is 6.35. The molecule has 0 bridgehead atoms. The van der Waals surface area contributed by atoms with Crippen molar-refractivity contribution in [2.24, 2.45) is 4.99 Å². The lowest BCUT2D eigenvalue weighted by Gasteiger charge is -2.16. The van der Waals surface area contributed by atoms with E-state index < -0.39 is 23.8 Å². The second-order valence-corrected chi connectivity index (χ2v) is 9.37. The predicted octanol–water partition coefficient (Wildman–Crippen LogP) is 5.10. The molecule has 5 rings (SSSR count). The number of anilines is 1. The van der Waals surface area contributed by atoms with Gasteiger partial charge in [-0.2, -0.15) is 0 Å². The number of nitrogens with zero attached hydrogens (tertiary/aromatic N) is 4. The molecule has 196 valence electrons. The minimum atomic E-state index is -1.46. The fraction of sp³-hybridized carbons (Fsp3) is 0.0769. The number of carbonyl (C=O) groups excluding carboxylic acids is 2. The number of benzene rings is 2. The van der Waals surface area contributed by atoms with Crippen LogP contribution in [-0.2, 0) is 11.4 Å². The highest BCUT2D eigenvalue weighted by atomic mass is 35.5. The molecule has 13 heteroatoms. The zero-order chi connectivity index (χ0) is 27.5. The summed E-state index contributed by atoms with van der Waals surface area (Å²) >= 11 is 19.0. The van der Waals surface area contributed by atoms with E-state index in [2.05, 4.69) is 30.6 Å². The normalized spacial score (nSPS) is 14.5. The van der Waals surface area contributed by atoms with Gasteiger partial charge in [0.05, 0.1) is 39.5 Å². The highest BCUT2D eigenvalue weighted by Gasteiger charge is 2.30. The topological polar surface area (TPSA) is 118 Å². The summed E-state index contributed by atoms with van der Waals surface area (Å²) in [6.07, 6.45) is 4.93. The molecule has 0 saturated carbocycles. The second-order valence-electron chi connectivity index (χ2n) is 8.12. The van der Waals surface area contributed by atoms with Crippen LogP contribution in [0.2, 0.25) is 15.1 Å². The number of benzodiazepines with no additional fused rings is 1. The van der Waals surface area contributed by atoms with Crippen LogP contribution in [0.15, 0.2) is 72.4 Å². The zero-order valence-corrected chi connectivity index (χ0v) is 21.9. The SMILES string of the molecule is O=C(N[C@@H]1N=C(c2c(Cl)cc(Cl)cc2Cl)c2ccccc2NC1=O)c1cncc(F)c1OCc1cnccn1. The second kappa shape index (κ2) is 11.3. The Morgan fingerprint density at radius 2 is 1.82 bits per heavy atom. The third-order valence-electron chi connectivity index (χ3n) is 5.54. The van der Waals surface area contributed by atoms with Crippen LogP contribution in [-0.4, -0.2) is 38.6 Å². The molecule has 0 fully saturated rings. The molecule has 0 saturated heterocycles. The van der Waals surface area contributed by atoms with Crippen LogP contribution in [0.1, 0.15) is 27.2 Å². The summed E-state index contributed by atoms with van der Waals surface area (Å²) in [5, 5.41) is 5.93. The first-order valence-electron chi connectivity index (χ1n) is 11.3. The van der Waals surface area contributed by atoms with Gasteiger partial charge in [-0.25, -0.2) is 9.38 Å². The Labute approximate surface area is 236 Å². The molecular weight excluding hydrogens is 570 g/mol. The predicted molar refractivity (Wildman–Crippen MR) is 144 cm³/mol. The minimum Gasteiger partial charge on any atom is -0.483 e. The van der Waals surface area contributed by atoms with Gasteiger partial charge in [-0.3, -0.25) is 24.5 Å². The summed E-state index contributed by atoms with van der Waals surface area (Å²) in [5.74, 6) is -2.77. The van der Waals surface area contributed by atoms with Gasteiger partial charge in [-0.05, 0) is 18.2 Å². The summed E-state index contributed by atoms with van der Waals surface area (Å²) in [4.78, 5) is 42.7. The molecule has 0 unspecified atom stereocenters. The maximum atomic E-state index is 14.7. The number of amides is 2. The molecule has 1 atom stereocenters. The van der Waals surface area contributed by atoms with Gasteiger partial charge in [-0.15, -0.1) is 0 Å². The molecule has 2 N–H and O–H groups in total. The molecular formula is C26H16Cl3FN6O3. The van der Waals surface area contributed by atoms with Crippen molar-refractivity contribution in [3.63, 3.8) is 0 Å². The number of aliphatic imine (C=N–C) groups is 1. The van der Waals surface area contributed by atoms with Crippen molar-refractivity contribution in [1.82, 2.24) is 20.3 Å². The van der Waals surface area contributed by atoms with Crippen molar-refractivity contribution in [3.05, 3.63) is 111 Å². The zero-order valence-electron chi connectivity index (χ0n) is 19.7. The minimum absolute atomic E-state index is 0.163. The van der Waals surface area contributed by atoms with Crippen LogP contribution in [0.3, 0.4) is 0 Å². The number of nitrogens with one attached hydrogen (secondary N) is 2. The first-order valence-corrected chi connectivity index (χ1v) is 12.4. The Balaban J connectivity index is 1.51. The number of fused-ring (bicyclic) bond motifs is 1. The van der Waals surface area contributed by atoms with Crippen LogP contribution in [0.5, 0.6) is 5.75 Å². The number of pyridine rings is 1. The first kappa shape index (κ1) is 26.5. The summed E-state index contributed by atoms with van der Waals surface area (Å²) < 4.78 is 20.2. The van der Waals surface area contributed by atoms with E-state index in [1.54, 1.807) is 24.3 Å². The molecule has 2 aromatic heterocycles. The average Bonchev–Trinajstić information content (AvgIpc) is 3.04. The van der Waals surface area contributed by atoms with Crippen molar-refractivity contribution in [2.45, 2.75) is 12.8 Å². The summed E-state index contributed by atoms with van der Waals surface area (Å²) in [5.41, 5.74) is 1.62. The summed E-state index contributed by atoms with van der Waals surface area (Å²) in [6.45, 7) is -0.163. The van der Waals surface area contributed by atoms with Crippen LogP contribution in [0.4, 0.5) is 10.1 Å².